The normalized spacial score (nSPS) is 17.1. The molecule has 1 amide bonds. The van der Waals surface area contributed by atoms with Crippen LogP contribution in [0.25, 0.3) is 16.9 Å². The van der Waals surface area contributed by atoms with Crippen molar-refractivity contribution in [1.29, 1.82) is 0 Å². The minimum Gasteiger partial charge on any atom is -0.369 e. The molecule has 4 rings (SSSR count). The maximum Gasteiger partial charge on any atom is 0.224 e. The van der Waals surface area contributed by atoms with E-state index in [1.807, 2.05) is 27.6 Å². The number of piperidine rings is 1. The number of carbonyl (C=O) groups is 1. The highest BCUT2D eigenvalue weighted by Crippen LogP contribution is 2.30. The van der Waals surface area contributed by atoms with Crippen molar-refractivity contribution < 1.29 is 4.79 Å². The van der Waals surface area contributed by atoms with E-state index in [0.29, 0.717) is 18.9 Å². The lowest BCUT2D eigenvalue weighted by Gasteiger charge is -2.31. The van der Waals surface area contributed by atoms with Gasteiger partial charge in [0.1, 0.15) is 11.5 Å². The maximum atomic E-state index is 12.6. The van der Waals surface area contributed by atoms with Crippen molar-refractivity contribution >= 4 is 17.4 Å². The smallest absolute Gasteiger partial charge is 0.224 e. The van der Waals surface area contributed by atoms with Gasteiger partial charge in [-0.15, -0.1) is 0 Å². The second-order valence-corrected chi connectivity index (χ2v) is 7.69. The Balaban J connectivity index is 1.54. The van der Waals surface area contributed by atoms with Crippen LogP contribution in [0.4, 0.5) is 5.82 Å². The summed E-state index contributed by atoms with van der Waals surface area (Å²) in [7, 11) is 0. The number of imidazole rings is 1. The summed E-state index contributed by atoms with van der Waals surface area (Å²) >= 11 is 0. The molecule has 3 heterocycles. The minimum atomic E-state index is 0.229. The molecular weight excluding hydrogens is 350 g/mol. The summed E-state index contributed by atoms with van der Waals surface area (Å²) in [6.07, 6.45) is 8.23. The van der Waals surface area contributed by atoms with E-state index >= 15 is 0 Å². The van der Waals surface area contributed by atoms with E-state index in [-0.39, 0.29) is 5.91 Å². The fourth-order valence-electron chi connectivity index (χ4n) is 3.96. The number of carbonyl (C=O) groups excluding carboxylic acids is 1. The number of nitrogens with one attached hydrogen (secondary N) is 1. The Labute approximate surface area is 165 Å². The average molecular weight is 377 g/mol. The number of amides is 1. The summed E-state index contributed by atoms with van der Waals surface area (Å²) in [4.78, 5) is 23.6. The van der Waals surface area contributed by atoms with Gasteiger partial charge in [-0.1, -0.05) is 31.2 Å². The third-order valence-corrected chi connectivity index (χ3v) is 5.47. The van der Waals surface area contributed by atoms with Crippen LogP contribution < -0.4 is 5.32 Å². The highest BCUT2D eigenvalue weighted by Gasteiger charge is 2.21. The number of aromatic nitrogens is 3. The zero-order valence-electron chi connectivity index (χ0n) is 16.6. The molecule has 28 heavy (non-hydrogen) atoms. The van der Waals surface area contributed by atoms with Gasteiger partial charge in [0.25, 0.3) is 0 Å². The summed E-state index contributed by atoms with van der Waals surface area (Å²) in [5.41, 5.74) is 3.94. The zero-order valence-corrected chi connectivity index (χ0v) is 16.6. The van der Waals surface area contributed by atoms with Crippen LogP contribution in [0.3, 0.4) is 0 Å². The second-order valence-electron chi connectivity index (χ2n) is 7.69. The molecule has 0 aliphatic carbocycles. The molecular formula is C22H27N5O. The molecule has 146 valence electrons. The summed E-state index contributed by atoms with van der Waals surface area (Å²) in [6.45, 7) is 6.66. The largest absolute Gasteiger partial charge is 0.369 e. The molecule has 1 aromatic carbocycles. The van der Waals surface area contributed by atoms with Crippen LogP contribution in [0.1, 0.15) is 31.7 Å². The molecule has 1 aliphatic rings. The first-order valence-electron chi connectivity index (χ1n) is 10.0. The van der Waals surface area contributed by atoms with Crippen LogP contribution in [-0.2, 0) is 4.79 Å². The molecule has 1 aliphatic heterocycles. The number of hydrogen-bond donors (Lipinski definition) is 1. The van der Waals surface area contributed by atoms with Crippen LogP contribution in [-0.4, -0.2) is 44.8 Å². The molecule has 1 atom stereocenters. The predicted molar refractivity (Wildman–Crippen MR) is 111 cm³/mol. The van der Waals surface area contributed by atoms with Crippen LogP contribution >= 0.6 is 0 Å². The van der Waals surface area contributed by atoms with Gasteiger partial charge < -0.3 is 10.2 Å². The first-order chi connectivity index (χ1) is 13.6. The lowest BCUT2D eigenvalue weighted by molar-refractivity contribution is -0.132. The third-order valence-electron chi connectivity index (χ3n) is 5.47. The molecule has 1 N–H and O–H groups in total. The number of aryl methyl sites for hydroxylation is 1. The molecule has 0 radical (unpaired) electrons. The number of benzene rings is 1. The number of hydrogen-bond acceptors (Lipinski definition) is 4. The van der Waals surface area contributed by atoms with Gasteiger partial charge in [-0.3, -0.25) is 14.2 Å². The van der Waals surface area contributed by atoms with Crippen LogP contribution in [0.2, 0.25) is 0 Å². The molecule has 6 nitrogen and oxygen atoms in total. The fourth-order valence-corrected chi connectivity index (χ4v) is 3.96. The Bertz CT molecular complexity index is 980. The van der Waals surface area contributed by atoms with Gasteiger partial charge in [0.05, 0.1) is 6.20 Å². The van der Waals surface area contributed by atoms with E-state index in [2.05, 4.69) is 36.3 Å². The lowest BCUT2D eigenvalue weighted by Crippen LogP contribution is -2.39. The molecule has 0 saturated carbocycles. The zero-order chi connectivity index (χ0) is 19.5. The van der Waals surface area contributed by atoms with Crippen molar-refractivity contribution in [3.8, 4) is 11.3 Å². The quantitative estimate of drug-likeness (QED) is 0.735. The Morgan fingerprint density at radius 3 is 3.00 bits per heavy atom. The molecule has 0 unspecified atom stereocenters. The van der Waals surface area contributed by atoms with Crippen molar-refractivity contribution in [3.05, 3.63) is 48.4 Å². The fraction of sp³-hybridized carbons (Fsp3) is 0.409. The number of rotatable bonds is 5. The molecule has 0 bridgehead atoms. The van der Waals surface area contributed by atoms with Crippen molar-refractivity contribution in [1.82, 2.24) is 19.3 Å². The van der Waals surface area contributed by atoms with Crippen molar-refractivity contribution in [2.24, 2.45) is 5.92 Å². The monoisotopic (exact) mass is 377 g/mol. The highest BCUT2D eigenvalue weighted by molar-refractivity contribution is 5.79. The van der Waals surface area contributed by atoms with E-state index in [0.717, 1.165) is 42.2 Å². The van der Waals surface area contributed by atoms with Crippen LogP contribution in [0.5, 0.6) is 0 Å². The number of anilines is 1. The third kappa shape index (κ3) is 3.72. The minimum absolute atomic E-state index is 0.229. The Kier molecular flexibility index (Phi) is 5.28. The Hall–Kier alpha value is -2.89. The van der Waals surface area contributed by atoms with Gasteiger partial charge in [0.15, 0.2) is 5.65 Å². The number of nitrogens with zero attached hydrogens (tertiary/aromatic N) is 4. The van der Waals surface area contributed by atoms with E-state index < -0.39 is 0 Å². The topological polar surface area (TPSA) is 62.5 Å². The average Bonchev–Trinajstić information content (AvgIpc) is 3.07. The maximum absolute atomic E-state index is 12.6. The summed E-state index contributed by atoms with van der Waals surface area (Å²) < 4.78 is 2.00. The van der Waals surface area contributed by atoms with Gasteiger partial charge in [0, 0.05) is 44.0 Å². The second kappa shape index (κ2) is 8.00. The van der Waals surface area contributed by atoms with E-state index in [1.54, 1.807) is 12.4 Å². The van der Waals surface area contributed by atoms with Crippen LogP contribution in [0.15, 0.2) is 42.9 Å². The SMILES string of the molecule is Cc1ccccc1-c1nc2cnccn2c1NCCC(=O)N1CCC[C@H](C)C1. The van der Waals surface area contributed by atoms with Crippen molar-refractivity contribution in [3.63, 3.8) is 0 Å². The first kappa shape index (κ1) is 18.5. The van der Waals surface area contributed by atoms with E-state index in [4.69, 9.17) is 4.98 Å². The first-order valence-corrected chi connectivity index (χ1v) is 10.0. The standard InChI is InChI=1S/C22H27N5O/c1-16-6-5-12-26(15-16)20(28)9-10-24-22-21(18-8-4-3-7-17(18)2)25-19-14-23-11-13-27(19)22/h3-4,7-8,11,13-14,16,24H,5-6,9-10,12,15H2,1-2H3/t16-/m0/s1. The molecule has 0 spiro atoms. The lowest BCUT2D eigenvalue weighted by atomic mass is 10.00. The summed E-state index contributed by atoms with van der Waals surface area (Å²) in [5, 5.41) is 3.47. The van der Waals surface area contributed by atoms with Crippen LogP contribution in [0, 0.1) is 12.8 Å². The molecule has 1 fully saturated rings. The Morgan fingerprint density at radius 1 is 1.32 bits per heavy atom. The highest BCUT2D eigenvalue weighted by atomic mass is 16.2. The van der Waals surface area contributed by atoms with Gasteiger partial charge in [-0.2, -0.15) is 0 Å². The van der Waals surface area contributed by atoms with Crippen molar-refractivity contribution in [2.45, 2.75) is 33.1 Å². The van der Waals surface area contributed by atoms with Gasteiger partial charge in [0.2, 0.25) is 5.91 Å². The summed E-state index contributed by atoms with van der Waals surface area (Å²) in [5.74, 6) is 1.74. The van der Waals surface area contributed by atoms with Crippen molar-refractivity contribution in [2.75, 3.05) is 25.0 Å². The van der Waals surface area contributed by atoms with Gasteiger partial charge in [-0.25, -0.2) is 4.98 Å². The number of likely N-dealkylation sites (tertiary alicyclic amines) is 1. The molecule has 2 aromatic heterocycles. The number of fused-ring (bicyclic) bond motifs is 1. The van der Waals surface area contributed by atoms with Gasteiger partial charge in [-0.05, 0) is 31.2 Å². The molecule has 1 saturated heterocycles. The van der Waals surface area contributed by atoms with Gasteiger partial charge >= 0.3 is 0 Å². The van der Waals surface area contributed by atoms with E-state index in [1.165, 1.54) is 12.0 Å². The van der Waals surface area contributed by atoms with E-state index in [9.17, 15) is 4.79 Å². The molecule has 6 heteroatoms. The predicted octanol–water partition coefficient (Wildman–Crippen LogP) is 3.77. The Morgan fingerprint density at radius 2 is 2.18 bits per heavy atom. The molecule has 3 aromatic rings. The summed E-state index contributed by atoms with van der Waals surface area (Å²) in [6, 6.07) is 8.22.